The van der Waals surface area contributed by atoms with E-state index in [0.29, 0.717) is 17.7 Å². The maximum Gasteiger partial charge on any atom is 0.319 e. The predicted molar refractivity (Wildman–Crippen MR) is 72.0 cm³/mol. The average Bonchev–Trinajstić information content (AvgIpc) is 2.83. The molecule has 3 N–H and O–H groups in total. The molecule has 0 radical (unpaired) electrons. The predicted octanol–water partition coefficient (Wildman–Crippen LogP) is 2.28. The molecular weight excluding hydrogens is 263 g/mol. The van der Waals surface area contributed by atoms with E-state index in [2.05, 4.69) is 10.6 Å². The second-order valence-corrected chi connectivity index (χ2v) is 4.68. The summed E-state index contributed by atoms with van der Waals surface area (Å²) in [6.07, 6.45) is 3.53. The van der Waals surface area contributed by atoms with E-state index in [9.17, 15) is 14.0 Å². The fourth-order valence-electron chi connectivity index (χ4n) is 2.06. The summed E-state index contributed by atoms with van der Waals surface area (Å²) in [6, 6.07) is 3.61. The first-order valence-electron chi connectivity index (χ1n) is 6.21. The van der Waals surface area contributed by atoms with Crippen LogP contribution in [0.4, 0.5) is 14.9 Å². The zero-order valence-corrected chi connectivity index (χ0v) is 10.9. The number of amides is 2. The summed E-state index contributed by atoms with van der Waals surface area (Å²) in [7, 11) is 0. The van der Waals surface area contributed by atoms with E-state index in [1.807, 2.05) is 0 Å². The molecule has 2 rings (SSSR count). The van der Waals surface area contributed by atoms with Crippen molar-refractivity contribution in [2.24, 2.45) is 5.92 Å². The molecule has 2 amide bonds. The summed E-state index contributed by atoms with van der Waals surface area (Å²) < 4.78 is 13.3. The van der Waals surface area contributed by atoms with Gasteiger partial charge in [-0.05, 0) is 25.5 Å². The molecule has 5 nitrogen and oxygen atoms in total. The number of rotatable bonds is 3. The average molecular weight is 278 g/mol. The number of urea groups is 1. The van der Waals surface area contributed by atoms with E-state index < -0.39 is 23.7 Å². The van der Waals surface area contributed by atoms with E-state index in [1.54, 1.807) is 25.1 Å². The minimum Gasteiger partial charge on any atom is -0.481 e. The van der Waals surface area contributed by atoms with Gasteiger partial charge in [0.05, 0.1) is 12.0 Å². The molecule has 0 fully saturated rings. The molecule has 0 bridgehead atoms. The van der Waals surface area contributed by atoms with Crippen LogP contribution in [0.3, 0.4) is 0 Å². The zero-order valence-electron chi connectivity index (χ0n) is 10.9. The molecule has 0 aromatic heterocycles. The molecule has 0 saturated heterocycles. The van der Waals surface area contributed by atoms with Crippen molar-refractivity contribution in [3.63, 3.8) is 0 Å². The SMILES string of the molecule is Cc1c(F)cccc1NC(=O)NC1C=CC(C(=O)O)C1. The Balaban J connectivity index is 1.92. The summed E-state index contributed by atoms with van der Waals surface area (Å²) >= 11 is 0. The van der Waals surface area contributed by atoms with Crippen LogP contribution in [-0.2, 0) is 4.79 Å². The van der Waals surface area contributed by atoms with Gasteiger partial charge in [0.2, 0.25) is 0 Å². The van der Waals surface area contributed by atoms with Crippen molar-refractivity contribution in [3.05, 3.63) is 41.7 Å². The smallest absolute Gasteiger partial charge is 0.319 e. The van der Waals surface area contributed by atoms with Crippen LogP contribution in [0, 0.1) is 18.7 Å². The Hall–Kier alpha value is -2.37. The van der Waals surface area contributed by atoms with E-state index in [1.165, 1.54) is 12.1 Å². The lowest BCUT2D eigenvalue weighted by molar-refractivity contribution is -0.140. The third-order valence-corrected chi connectivity index (χ3v) is 3.23. The number of halogens is 1. The molecule has 0 spiro atoms. The lowest BCUT2D eigenvalue weighted by Gasteiger charge is -2.14. The second-order valence-electron chi connectivity index (χ2n) is 4.68. The molecule has 1 aliphatic rings. The van der Waals surface area contributed by atoms with Gasteiger partial charge in [-0.2, -0.15) is 0 Å². The van der Waals surface area contributed by atoms with Crippen molar-refractivity contribution in [1.82, 2.24) is 5.32 Å². The van der Waals surface area contributed by atoms with Crippen LogP contribution in [0.15, 0.2) is 30.4 Å². The van der Waals surface area contributed by atoms with E-state index >= 15 is 0 Å². The number of hydrogen-bond donors (Lipinski definition) is 3. The maximum atomic E-state index is 13.3. The highest BCUT2D eigenvalue weighted by Crippen LogP contribution is 2.19. The molecule has 6 heteroatoms. The summed E-state index contributed by atoms with van der Waals surface area (Å²) in [4.78, 5) is 22.6. The summed E-state index contributed by atoms with van der Waals surface area (Å²) in [5, 5.41) is 14.0. The number of nitrogens with one attached hydrogen (secondary N) is 2. The van der Waals surface area contributed by atoms with Crippen molar-refractivity contribution in [3.8, 4) is 0 Å². The Kier molecular flexibility index (Phi) is 4.02. The lowest BCUT2D eigenvalue weighted by atomic mass is 10.1. The molecule has 0 aliphatic heterocycles. The minimum absolute atomic E-state index is 0.324. The van der Waals surface area contributed by atoms with Gasteiger partial charge in [-0.1, -0.05) is 18.2 Å². The van der Waals surface area contributed by atoms with Crippen LogP contribution in [0.1, 0.15) is 12.0 Å². The van der Waals surface area contributed by atoms with E-state index in [-0.39, 0.29) is 6.04 Å². The topological polar surface area (TPSA) is 78.4 Å². The van der Waals surface area contributed by atoms with Crippen LogP contribution in [0.2, 0.25) is 0 Å². The highest BCUT2D eigenvalue weighted by atomic mass is 19.1. The fraction of sp³-hybridized carbons (Fsp3) is 0.286. The zero-order chi connectivity index (χ0) is 14.7. The summed E-state index contributed by atoms with van der Waals surface area (Å²) in [6.45, 7) is 1.57. The number of hydrogen-bond acceptors (Lipinski definition) is 2. The highest BCUT2D eigenvalue weighted by Gasteiger charge is 2.25. The molecule has 0 heterocycles. The Bertz CT molecular complexity index is 572. The molecule has 0 saturated carbocycles. The van der Waals surface area contributed by atoms with Crippen molar-refractivity contribution in [2.75, 3.05) is 5.32 Å². The molecular formula is C14H15FN2O3. The van der Waals surface area contributed by atoms with Crippen molar-refractivity contribution >= 4 is 17.7 Å². The third kappa shape index (κ3) is 3.14. The Morgan fingerprint density at radius 1 is 1.35 bits per heavy atom. The van der Waals surface area contributed by atoms with Gasteiger partial charge in [0.25, 0.3) is 0 Å². The number of carboxylic acid groups (broad SMARTS) is 1. The largest absolute Gasteiger partial charge is 0.481 e. The number of carboxylic acids is 1. The van der Waals surface area contributed by atoms with Crippen molar-refractivity contribution < 1.29 is 19.1 Å². The fourth-order valence-corrected chi connectivity index (χ4v) is 2.06. The quantitative estimate of drug-likeness (QED) is 0.742. The van der Waals surface area contributed by atoms with Crippen molar-refractivity contribution in [2.45, 2.75) is 19.4 Å². The van der Waals surface area contributed by atoms with Crippen LogP contribution in [0.5, 0.6) is 0 Å². The molecule has 1 aromatic rings. The Morgan fingerprint density at radius 3 is 2.75 bits per heavy atom. The monoisotopic (exact) mass is 278 g/mol. The number of anilines is 1. The van der Waals surface area contributed by atoms with Gasteiger partial charge < -0.3 is 15.7 Å². The van der Waals surface area contributed by atoms with Crippen LogP contribution in [-0.4, -0.2) is 23.1 Å². The van der Waals surface area contributed by atoms with Gasteiger partial charge in [0.1, 0.15) is 5.82 Å². The third-order valence-electron chi connectivity index (χ3n) is 3.23. The van der Waals surface area contributed by atoms with Crippen LogP contribution in [0.25, 0.3) is 0 Å². The first kappa shape index (κ1) is 14.0. The van der Waals surface area contributed by atoms with Crippen molar-refractivity contribution in [1.29, 1.82) is 0 Å². The van der Waals surface area contributed by atoms with Gasteiger partial charge in [0, 0.05) is 11.3 Å². The molecule has 106 valence electrons. The standard InChI is InChI=1S/C14H15FN2O3/c1-8-11(15)3-2-4-12(8)17-14(20)16-10-6-5-9(7-10)13(18)19/h2-6,9-10H,7H2,1H3,(H,18,19)(H2,16,17,20). The highest BCUT2D eigenvalue weighted by molar-refractivity contribution is 5.90. The molecule has 1 aromatic carbocycles. The maximum absolute atomic E-state index is 13.3. The van der Waals surface area contributed by atoms with Gasteiger partial charge in [-0.25, -0.2) is 9.18 Å². The Labute approximate surface area is 115 Å². The normalized spacial score (nSPS) is 20.7. The number of carbonyl (C=O) groups is 2. The van der Waals surface area contributed by atoms with Crippen LogP contribution >= 0.6 is 0 Å². The first-order chi connectivity index (χ1) is 9.47. The van der Waals surface area contributed by atoms with Gasteiger partial charge in [-0.3, -0.25) is 4.79 Å². The number of carbonyl (C=O) groups excluding carboxylic acids is 1. The summed E-state index contributed by atoms with van der Waals surface area (Å²) in [5.74, 6) is -1.88. The van der Waals surface area contributed by atoms with Gasteiger partial charge >= 0.3 is 12.0 Å². The molecule has 20 heavy (non-hydrogen) atoms. The summed E-state index contributed by atoms with van der Waals surface area (Å²) in [5.41, 5.74) is 0.743. The first-order valence-corrected chi connectivity index (χ1v) is 6.21. The number of aliphatic carboxylic acids is 1. The number of benzene rings is 1. The molecule has 2 unspecified atom stereocenters. The van der Waals surface area contributed by atoms with Gasteiger partial charge in [-0.15, -0.1) is 0 Å². The minimum atomic E-state index is -0.910. The van der Waals surface area contributed by atoms with E-state index in [4.69, 9.17) is 5.11 Å². The van der Waals surface area contributed by atoms with E-state index in [0.717, 1.165) is 0 Å². The lowest BCUT2D eigenvalue weighted by Crippen LogP contribution is -2.36. The molecule has 2 atom stereocenters. The molecule has 1 aliphatic carbocycles. The van der Waals surface area contributed by atoms with Gasteiger partial charge in [0.15, 0.2) is 0 Å². The van der Waals surface area contributed by atoms with Crippen LogP contribution < -0.4 is 10.6 Å². The Morgan fingerprint density at radius 2 is 2.10 bits per heavy atom. The second kappa shape index (κ2) is 5.73.